The number of H-pyrrole nitrogens is 1. The fourth-order valence-electron chi connectivity index (χ4n) is 1.59. The molecule has 1 amide bonds. The molecule has 0 spiro atoms. The van der Waals surface area contributed by atoms with Crippen molar-refractivity contribution in [2.45, 2.75) is 6.42 Å². The molecule has 1 aliphatic rings. The smallest absolute Gasteiger partial charge is 0.267 e. The van der Waals surface area contributed by atoms with E-state index < -0.39 is 0 Å². The van der Waals surface area contributed by atoms with Gasteiger partial charge in [0.1, 0.15) is 5.69 Å². The van der Waals surface area contributed by atoms with Crippen LogP contribution in [0.25, 0.3) is 0 Å². The molecule has 0 saturated heterocycles. The molecule has 2 heterocycles. The van der Waals surface area contributed by atoms with Crippen LogP contribution in [0.5, 0.6) is 0 Å². The molecule has 0 saturated carbocycles. The van der Waals surface area contributed by atoms with E-state index in [0.717, 1.165) is 19.5 Å². The van der Waals surface area contributed by atoms with Crippen molar-refractivity contribution in [3.8, 4) is 0 Å². The number of carbonyl (C=O) groups is 1. The van der Waals surface area contributed by atoms with Crippen molar-refractivity contribution in [3.63, 3.8) is 0 Å². The number of carbonyl (C=O) groups excluding carboxylic acids is 1. The van der Waals surface area contributed by atoms with Crippen molar-refractivity contribution in [1.82, 2.24) is 15.6 Å². The molecule has 1 aromatic rings. The third-order valence-corrected chi connectivity index (χ3v) is 2.48. The highest BCUT2D eigenvalue weighted by molar-refractivity contribution is 5.92. The SMILES string of the molecule is Cl.O=C(NCC1=CCNCC1)c1ccc[nH]1. The summed E-state index contributed by atoms with van der Waals surface area (Å²) in [7, 11) is 0. The first-order chi connectivity index (χ1) is 7.36. The van der Waals surface area contributed by atoms with Gasteiger partial charge in [0.25, 0.3) is 5.91 Å². The molecule has 1 aromatic heterocycles. The van der Waals surface area contributed by atoms with Crippen LogP contribution >= 0.6 is 12.4 Å². The van der Waals surface area contributed by atoms with Crippen molar-refractivity contribution >= 4 is 18.3 Å². The fourth-order valence-corrected chi connectivity index (χ4v) is 1.59. The molecule has 0 radical (unpaired) electrons. The van der Waals surface area contributed by atoms with Gasteiger partial charge in [0.15, 0.2) is 0 Å². The number of halogens is 1. The summed E-state index contributed by atoms with van der Waals surface area (Å²) in [4.78, 5) is 14.4. The van der Waals surface area contributed by atoms with Crippen molar-refractivity contribution < 1.29 is 4.79 Å². The van der Waals surface area contributed by atoms with Crippen molar-refractivity contribution in [2.75, 3.05) is 19.6 Å². The van der Waals surface area contributed by atoms with Gasteiger partial charge in [-0.25, -0.2) is 0 Å². The maximum absolute atomic E-state index is 11.6. The molecule has 0 bridgehead atoms. The van der Waals surface area contributed by atoms with Crippen molar-refractivity contribution in [1.29, 1.82) is 0 Å². The summed E-state index contributed by atoms with van der Waals surface area (Å²) in [6.45, 7) is 2.57. The van der Waals surface area contributed by atoms with Gasteiger partial charge >= 0.3 is 0 Å². The summed E-state index contributed by atoms with van der Waals surface area (Å²) in [6.07, 6.45) is 4.90. The summed E-state index contributed by atoms with van der Waals surface area (Å²) in [5.74, 6) is -0.0422. The Morgan fingerprint density at radius 3 is 3.00 bits per heavy atom. The Kier molecular flexibility index (Phi) is 5.08. The minimum Gasteiger partial charge on any atom is -0.357 e. The van der Waals surface area contributed by atoms with Gasteiger partial charge < -0.3 is 15.6 Å². The molecule has 0 fully saturated rings. The van der Waals surface area contributed by atoms with Gasteiger partial charge in [0.2, 0.25) is 0 Å². The molecule has 5 heteroatoms. The first kappa shape index (κ1) is 12.8. The molecular formula is C11H16ClN3O. The molecular weight excluding hydrogens is 226 g/mol. The van der Waals surface area contributed by atoms with Crippen LogP contribution in [0.15, 0.2) is 30.0 Å². The maximum atomic E-state index is 11.6. The van der Waals surface area contributed by atoms with Crippen LogP contribution in [0.3, 0.4) is 0 Å². The topological polar surface area (TPSA) is 56.9 Å². The lowest BCUT2D eigenvalue weighted by Crippen LogP contribution is -2.29. The minimum atomic E-state index is -0.0422. The average Bonchev–Trinajstić information content (AvgIpc) is 2.81. The van der Waals surface area contributed by atoms with Crippen LogP contribution in [0.2, 0.25) is 0 Å². The van der Waals surface area contributed by atoms with Crippen molar-refractivity contribution in [2.24, 2.45) is 0 Å². The third-order valence-electron chi connectivity index (χ3n) is 2.48. The van der Waals surface area contributed by atoms with Crippen LogP contribution in [-0.2, 0) is 0 Å². The Morgan fingerprint density at radius 2 is 2.38 bits per heavy atom. The van der Waals surface area contributed by atoms with Gasteiger partial charge in [-0.3, -0.25) is 4.79 Å². The summed E-state index contributed by atoms with van der Waals surface area (Å²) < 4.78 is 0. The first-order valence-electron chi connectivity index (χ1n) is 5.16. The molecule has 2 rings (SSSR count). The average molecular weight is 242 g/mol. The van der Waals surface area contributed by atoms with Crippen LogP contribution in [0.1, 0.15) is 16.9 Å². The Hall–Kier alpha value is -1.26. The van der Waals surface area contributed by atoms with E-state index in [4.69, 9.17) is 0 Å². The highest BCUT2D eigenvalue weighted by atomic mass is 35.5. The number of rotatable bonds is 3. The van der Waals surface area contributed by atoms with Gasteiger partial charge in [-0.05, 0) is 25.1 Å². The quantitative estimate of drug-likeness (QED) is 0.694. The summed E-state index contributed by atoms with van der Waals surface area (Å²) in [5.41, 5.74) is 1.91. The normalized spacial score (nSPS) is 14.9. The second kappa shape index (κ2) is 6.35. The number of hydrogen-bond donors (Lipinski definition) is 3. The van der Waals surface area contributed by atoms with E-state index in [2.05, 4.69) is 21.7 Å². The van der Waals surface area contributed by atoms with E-state index in [-0.39, 0.29) is 18.3 Å². The first-order valence-corrected chi connectivity index (χ1v) is 5.16. The van der Waals surface area contributed by atoms with E-state index in [1.165, 1.54) is 5.57 Å². The summed E-state index contributed by atoms with van der Waals surface area (Å²) in [6, 6.07) is 3.59. The van der Waals surface area contributed by atoms with E-state index in [1.807, 2.05) is 6.07 Å². The van der Waals surface area contributed by atoms with Gasteiger partial charge in [0, 0.05) is 19.3 Å². The lowest BCUT2D eigenvalue weighted by molar-refractivity contribution is 0.0952. The number of nitrogens with one attached hydrogen (secondary N) is 3. The molecule has 88 valence electrons. The van der Waals surface area contributed by atoms with Crippen LogP contribution < -0.4 is 10.6 Å². The monoisotopic (exact) mass is 241 g/mol. The number of hydrogen-bond acceptors (Lipinski definition) is 2. The second-order valence-corrected chi connectivity index (χ2v) is 3.58. The number of aromatic amines is 1. The lowest BCUT2D eigenvalue weighted by atomic mass is 10.1. The highest BCUT2D eigenvalue weighted by Gasteiger charge is 2.07. The van der Waals surface area contributed by atoms with E-state index in [1.54, 1.807) is 12.3 Å². The maximum Gasteiger partial charge on any atom is 0.267 e. The Balaban J connectivity index is 0.00000128. The molecule has 4 nitrogen and oxygen atoms in total. The van der Waals surface area contributed by atoms with E-state index in [0.29, 0.717) is 12.2 Å². The van der Waals surface area contributed by atoms with Gasteiger partial charge in [0.05, 0.1) is 0 Å². The highest BCUT2D eigenvalue weighted by Crippen LogP contribution is 2.02. The van der Waals surface area contributed by atoms with Gasteiger partial charge in [-0.2, -0.15) is 0 Å². The summed E-state index contributed by atoms with van der Waals surface area (Å²) in [5, 5.41) is 6.12. The van der Waals surface area contributed by atoms with Gasteiger partial charge in [-0.1, -0.05) is 11.6 Å². The zero-order chi connectivity index (χ0) is 10.5. The fraction of sp³-hybridized carbons (Fsp3) is 0.364. The molecule has 3 N–H and O–H groups in total. The molecule has 0 unspecified atom stereocenters. The van der Waals surface area contributed by atoms with Crippen molar-refractivity contribution in [3.05, 3.63) is 35.7 Å². The van der Waals surface area contributed by atoms with E-state index in [9.17, 15) is 4.79 Å². The Morgan fingerprint density at radius 1 is 1.50 bits per heavy atom. The molecule has 0 atom stereocenters. The van der Waals surface area contributed by atoms with E-state index >= 15 is 0 Å². The summed E-state index contributed by atoms with van der Waals surface area (Å²) >= 11 is 0. The zero-order valence-corrected chi connectivity index (χ0v) is 9.77. The predicted molar refractivity (Wildman–Crippen MR) is 65.9 cm³/mol. The molecule has 16 heavy (non-hydrogen) atoms. The van der Waals surface area contributed by atoms with Gasteiger partial charge in [-0.15, -0.1) is 12.4 Å². The molecule has 0 aromatic carbocycles. The van der Waals surface area contributed by atoms with Crippen LogP contribution in [0.4, 0.5) is 0 Å². The number of amides is 1. The minimum absolute atomic E-state index is 0. The third kappa shape index (κ3) is 3.40. The second-order valence-electron chi connectivity index (χ2n) is 3.58. The molecule has 0 aliphatic carbocycles. The molecule has 1 aliphatic heterocycles. The Bertz CT molecular complexity index is 359. The lowest BCUT2D eigenvalue weighted by Gasteiger charge is -2.14. The predicted octanol–water partition coefficient (Wildman–Crippen LogP) is 1.09. The largest absolute Gasteiger partial charge is 0.357 e. The number of aromatic nitrogens is 1. The van der Waals surface area contributed by atoms with Crippen LogP contribution in [-0.4, -0.2) is 30.5 Å². The standard InChI is InChI=1S/C11H15N3O.ClH/c15-11(10-2-1-5-13-10)14-8-9-3-6-12-7-4-9;/h1-3,5,12-13H,4,6-8H2,(H,14,15);1H. The Labute approximate surface area is 101 Å². The zero-order valence-electron chi connectivity index (χ0n) is 8.95. The van der Waals surface area contributed by atoms with Crippen LogP contribution in [0, 0.1) is 0 Å².